The van der Waals surface area contributed by atoms with Crippen molar-refractivity contribution in [3.05, 3.63) is 34.7 Å². The average molecular weight is 262 g/mol. The molecule has 1 saturated heterocycles. The Labute approximate surface area is 110 Å². The van der Waals surface area contributed by atoms with Crippen LogP contribution in [0.5, 0.6) is 5.75 Å². The molecule has 1 fully saturated rings. The summed E-state index contributed by atoms with van der Waals surface area (Å²) in [6.07, 6.45) is 1.86. The Morgan fingerprint density at radius 1 is 1.33 bits per heavy atom. The molecule has 0 aromatic heterocycles. The summed E-state index contributed by atoms with van der Waals surface area (Å²) < 4.78 is 5.09. The summed E-state index contributed by atoms with van der Waals surface area (Å²) in [7, 11) is 5.04. The zero-order chi connectivity index (χ0) is 13.1. The number of carbonyl (C=O) groups excluding carboxylic acids is 1. The normalized spacial score (nSPS) is 19.9. The van der Waals surface area contributed by atoms with Gasteiger partial charge in [0.25, 0.3) is 5.91 Å². The van der Waals surface area contributed by atoms with Gasteiger partial charge in [-0.1, -0.05) is 12.1 Å². The minimum absolute atomic E-state index is 0.0172. The van der Waals surface area contributed by atoms with Gasteiger partial charge in [-0.15, -0.1) is 0 Å². The Hall–Kier alpha value is -1.75. The van der Waals surface area contributed by atoms with Crippen LogP contribution in [0.4, 0.5) is 0 Å². The number of hydrogen-bond donors (Lipinski definition) is 0. The number of likely N-dealkylation sites (N-methyl/N-ethyl adjacent to an activating group) is 1. The van der Waals surface area contributed by atoms with Crippen molar-refractivity contribution in [2.75, 3.05) is 21.2 Å². The topological polar surface area (TPSA) is 41.9 Å². The van der Waals surface area contributed by atoms with Crippen LogP contribution in [-0.2, 0) is 4.79 Å². The fraction of sp³-hybridized carbons (Fsp3) is 0.231. The van der Waals surface area contributed by atoms with Crippen molar-refractivity contribution in [1.29, 1.82) is 0 Å². The molecule has 0 radical (unpaired) electrons. The summed E-state index contributed by atoms with van der Waals surface area (Å²) in [5.41, 5.74) is 0.970. The molecule has 1 heterocycles. The molecule has 1 aromatic rings. The summed E-state index contributed by atoms with van der Waals surface area (Å²) in [4.78, 5) is 18.2. The van der Waals surface area contributed by atoms with E-state index < -0.39 is 0 Å². The van der Waals surface area contributed by atoms with Crippen LogP contribution in [0.1, 0.15) is 5.56 Å². The van der Waals surface area contributed by atoms with Gasteiger partial charge in [0, 0.05) is 14.1 Å². The lowest BCUT2D eigenvalue weighted by atomic mass is 10.2. The molecule has 0 bridgehead atoms. The van der Waals surface area contributed by atoms with E-state index in [1.807, 2.05) is 30.3 Å². The molecular formula is C13H14N2O2S. The zero-order valence-corrected chi connectivity index (χ0v) is 11.3. The van der Waals surface area contributed by atoms with Crippen LogP contribution < -0.4 is 4.74 Å². The Kier molecular flexibility index (Phi) is 3.72. The third kappa shape index (κ3) is 2.41. The van der Waals surface area contributed by atoms with Crippen molar-refractivity contribution in [3.63, 3.8) is 0 Å². The van der Waals surface area contributed by atoms with Gasteiger partial charge in [-0.25, -0.2) is 0 Å². The van der Waals surface area contributed by atoms with Gasteiger partial charge in [0.2, 0.25) is 0 Å². The van der Waals surface area contributed by atoms with E-state index in [1.54, 1.807) is 26.1 Å². The first-order valence-electron chi connectivity index (χ1n) is 5.44. The molecule has 0 N–H and O–H groups in total. The zero-order valence-electron chi connectivity index (χ0n) is 10.5. The number of nitrogens with zero attached hydrogens (tertiary/aromatic N) is 2. The number of benzene rings is 1. The van der Waals surface area contributed by atoms with Crippen LogP contribution in [0.15, 0.2) is 34.2 Å². The van der Waals surface area contributed by atoms with Gasteiger partial charge in [0.05, 0.1) is 12.0 Å². The highest BCUT2D eigenvalue weighted by atomic mass is 32.2. The predicted octanol–water partition coefficient (Wildman–Crippen LogP) is 2.23. The van der Waals surface area contributed by atoms with Crippen molar-refractivity contribution in [2.24, 2.45) is 4.99 Å². The largest absolute Gasteiger partial charge is 0.497 e. The highest BCUT2D eigenvalue weighted by Gasteiger charge is 2.29. The van der Waals surface area contributed by atoms with E-state index in [9.17, 15) is 4.79 Å². The molecule has 0 aliphatic carbocycles. The number of ether oxygens (including phenoxy) is 1. The number of amidine groups is 1. The number of amides is 1. The van der Waals surface area contributed by atoms with Gasteiger partial charge in [-0.2, -0.15) is 0 Å². The average Bonchev–Trinajstić information content (AvgIpc) is 2.67. The van der Waals surface area contributed by atoms with E-state index >= 15 is 0 Å². The molecule has 0 atom stereocenters. The fourth-order valence-electron chi connectivity index (χ4n) is 1.60. The van der Waals surface area contributed by atoms with Crippen molar-refractivity contribution < 1.29 is 9.53 Å². The third-order valence-corrected chi connectivity index (χ3v) is 3.76. The minimum Gasteiger partial charge on any atom is -0.497 e. The molecule has 94 valence electrons. The van der Waals surface area contributed by atoms with E-state index in [2.05, 4.69) is 4.99 Å². The maximum Gasteiger partial charge on any atom is 0.266 e. The molecule has 18 heavy (non-hydrogen) atoms. The van der Waals surface area contributed by atoms with Crippen molar-refractivity contribution in [2.45, 2.75) is 0 Å². The molecule has 1 aliphatic heterocycles. The first-order chi connectivity index (χ1) is 8.65. The summed E-state index contributed by atoms with van der Waals surface area (Å²) in [5, 5.41) is 0.722. The Balaban J connectivity index is 2.26. The molecular weight excluding hydrogens is 248 g/mol. The Morgan fingerprint density at radius 2 is 2.00 bits per heavy atom. The number of rotatable bonds is 2. The van der Waals surface area contributed by atoms with Crippen LogP contribution in [0.3, 0.4) is 0 Å². The quantitative estimate of drug-likeness (QED) is 0.767. The second-order valence-corrected chi connectivity index (χ2v) is 4.76. The van der Waals surface area contributed by atoms with E-state index in [1.165, 1.54) is 11.8 Å². The van der Waals surface area contributed by atoms with Crippen LogP contribution >= 0.6 is 11.8 Å². The SMILES string of the molecule is CN=C1SC(=Cc2ccc(OC)cc2)C(=O)N1C. The summed E-state index contributed by atoms with van der Waals surface area (Å²) >= 11 is 1.39. The van der Waals surface area contributed by atoms with Gasteiger partial charge in [-0.3, -0.25) is 14.7 Å². The number of methoxy groups -OCH3 is 1. The number of thioether (sulfide) groups is 1. The summed E-state index contributed by atoms with van der Waals surface area (Å²) in [5.74, 6) is 0.784. The maximum absolute atomic E-state index is 11.9. The molecule has 1 aliphatic rings. The molecule has 0 unspecified atom stereocenters. The van der Waals surface area contributed by atoms with Gasteiger partial charge in [0.15, 0.2) is 5.17 Å². The van der Waals surface area contributed by atoms with Crippen LogP contribution in [-0.4, -0.2) is 37.2 Å². The first-order valence-corrected chi connectivity index (χ1v) is 6.26. The molecule has 4 nitrogen and oxygen atoms in total. The number of carbonyl (C=O) groups is 1. The highest BCUT2D eigenvalue weighted by Crippen LogP contribution is 2.31. The lowest BCUT2D eigenvalue weighted by molar-refractivity contribution is -0.121. The van der Waals surface area contributed by atoms with Gasteiger partial charge < -0.3 is 4.74 Å². The lowest BCUT2D eigenvalue weighted by Crippen LogP contribution is -2.23. The Morgan fingerprint density at radius 3 is 2.50 bits per heavy atom. The maximum atomic E-state index is 11.9. The highest BCUT2D eigenvalue weighted by molar-refractivity contribution is 8.18. The number of hydrogen-bond acceptors (Lipinski definition) is 4. The van der Waals surface area contributed by atoms with Crippen molar-refractivity contribution >= 4 is 28.9 Å². The van der Waals surface area contributed by atoms with Gasteiger partial charge >= 0.3 is 0 Å². The van der Waals surface area contributed by atoms with E-state index in [0.717, 1.165) is 16.5 Å². The van der Waals surface area contributed by atoms with Crippen LogP contribution in [0.25, 0.3) is 6.08 Å². The van der Waals surface area contributed by atoms with Gasteiger partial charge in [-0.05, 0) is 35.5 Å². The van der Waals surface area contributed by atoms with Crippen LogP contribution in [0.2, 0.25) is 0 Å². The molecule has 0 spiro atoms. The van der Waals surface area contributed by atoms with Gasteiger partial charge in [0.1, 0.15) is 5.75 Å². The van der Waals surface area contributed by atoms with E-state index in [4.69, 9.17) is 4.74 Å². The lowest BCUT2D eigenvalue weighted by Gasteiger charge is -2.05. The standard InChI is InChI=1S/C13H14N2O2S/c1-14-13-15(2)12(16)11(18-13)8-9-4-6-10(17-3)7-5-9/h4-8H,1-3H3. The summed E-state index contributed by atoms with van der Waals surface area (Å²) in [6, 6.07) is 7.57. The van der Waals surface area contributed by atoms with Crippen LogP contribution in [0, 0.1) is 0 Å². The minimum atomic E-state index is -0.0172. The Bertz CT molecular complexity index is 520. The van der Waals surface area contributed by atoms with E-state index in [0.29, 0.717) is 4.91 Å². The predicted molar refractivity (Wildman–Crippen MR) is 74.7 cm³/mol. The molecule has 0 saturated carbocycles. The smallest absolute Gasteiger partial charge is 0.266 e. The third-order valence-electron chi connectivity index (χ3n) is 2.61. The van der Waals surface area contributed by atoms with Crippen molar-refractivity contribution in [1.82, 2.24) is 4.90 Å². The second-order valence-electron chi connectivity index (χ2n) is 3.75. The fourth-order valence-corrected chi connectivity index (χ4v) is 2.53. The molecule has 5 heteroatoms. The monoisotopic (exact) mass is 262 g/mol. The van der Waals surface area contributed by atoms with E-state index in [-0.39, 0.29) is 5.91 Å². The second kappa shape index (κ2) is 5.27. The number of aliphatic imine (C=N–C) groups is 1. The summed E-state index contributed by atoms with van der Waals surface area (Å²) in [6.45, 7) is 0. The van der Waals surface area contributed by atoms with Crippen molar-refractivity contribution in [3.8, 4) is 5.75 Å². The molecule has 2 rings (SSSR count). The molecule has 1 amide bonds. The first kappa shape index (κ1) is 12.7. The molecule has 1 aromatic carbocycles.